The number of fused-ring (bicyclic) bond motifs is 1. The van der Waals surface area contributed by atoms with Crippen molar-refractivity contribution in [3.8, 4) is 11.8 Å². The number of anilines is 1. The molecule has 3 aromatic heterocycles. The first-order valence-corrected chi connectivity index (χ1v) is 6.24. The monoisotopic (exact) mass is 280 g/mol. The number of nitrogens with zero attached hydrogens (tertiary/aromatic N) is 5. The van der Waals surface area contributed by atoms with E-state index in [2.05, 4.69) is 31.8 Å². The molecule has 0 aliphatic rings. The maximum atomic E-state index is 8.65. The molecule has 0 fully saturated rings. The highest BCUT2D eigenvalue weighted by molar-refractivity contribution is 5.81. The first kappa shape index (κ1) is 13.0. The van der Waals surface area contributed by atoms with Gasteiger partial charge in [-0.3, -0.25) is 4.98 Å². The van der Waals surface area contributed by atoms with E-state index >= 15 is 0 Å². The van der Waals surface area contributed by atoms with Crippen LogP contribution in [-0.4, -0.2) is 36.2 Å². The minimum Gasteiger partial charge on any atom is -0.384 e. The van der Waals surface area contributed by atoms with Crippen molar-refractivity contribution in [1.82, 2.24) is 24.5 Å². The van der Waals surface area contributed by atoms with Gasteiger partial charge in [0.2, 0.25) is 0 Å². The van der Waals surface area contributed by atoms with E-state index in [1.54, 1.807) is 12.5 Å². The average molecular weight is 280 g/mol. The van der Waals surface area contributed by atoms with Gasteiger partial charge in [-0.1, -0.05) is 11.8 Å². The third kappa shape index (κ3) is 2.66. The lowest BCUT2D eigenvalue weighted by Crippen LogP contribution is -2.02. The van der Waals surface area contributed by atoms with Crippen molar-refractivity contribution in [3.05, 3.63) is 42.2 Å². The number of rotatable bonds is 2. The van der Waals surface area contributed by atoms with Gasteiger partial charge in [0.1, 0.15) is 18.5 Å². The average Bonchev–Trinajstić information content (AvgIpc) is 2.91. The summed E-state index contributed by atoms with van der Waals surface area (Å²) < 4.78 is 1.86. The molecular weight excluding hydrogens is 268 g/mol. The molecule has 0 atom stereocenters. The summed E-state index contributed by atoms with van der Waals surface area (Å²) in [6.45, 7) is 0.366. The normalized spacial score (nSPS) is 10.3. The first-order valence-electron chi connectivity index (χ1n) is 6.24. The zero-order chi connectivity index (χ0) is 14.7. The highest BCUT2D eigenvalue weighted by Gasteiger charge is 2.08. The SMILES string of the molecule is Nc1ncnc2c1ncn2Cc1ccc(C#CCO)cn1. The Bertz CT molecular complexity index is 828. The first-order chi connectivity index (χ1) is 10.3. The zero-order valence-electron chi connectivity index (χ0n) is 11.1. The number of imidazole rings is 1. The fourth-order valence-corrected chi connectivity index (χ4v) is 1.92. The Balaban J connectivity index is 1.87. The molecule has 3 heterocycles. The van der Waals surface area contributed by atoms with E-state index < -0.39 is 0 Å². The van der Waals surface area contributed by atoms with E-state index in [1.807, 2.05) is 16.7 Å². The number of hydrogen-bond donors (Lipinski definition) is 2. The summed E-state index contributed by atoms with van der Waals surface area (Å²) in [4.78, 5) is 16.6. The van der Waals surface area contributed by atoms with Crippen molar-refractivity contribution in [2.75, 3.05) is 12.3 Å². The van der Waals surface area contributed by atoms with Crippen LogP contribution >= 0.6 is 0 Å². The zero-order valence-corrected chi connectivity index (χ0v) is 11.1. The van der Waals surface area contributed by atoms with Crippen molar-refractivity contribution >= 4 is 17.0 Å². The third-order valence-electron chi connectivity index (χ3n) is 2.90. The van der Waals surface area contributed by atoms with E-state index in [1.165, 1.54) is 6.33 Å². The summed E-state index contributed by atoms with van der Waals surface area (Å²) in [5.74, 6) is 5.74. The molecule has 0 aliphatic heterocycles. The number of aliphatic hydroxyl groups excluding tert-OH is 1. The molecule has 0 unspecified atom stereocenters. The van der Waals surface area contributed by atoms with Gasteiger partial charge in [-0.15, -0.1) is 0 Å². The van der Waals surface area contributed by atoms with Crippen LogP contribution in [0.5, 0.6) is 0 Å². The van der Waals surface area contributed by atoms with Crippen LogP contribution in [0.4, 0.5) is 5.82 Å². The van der Waals surface area contributed by atoms with Gasteiger partial charge < -0.3 is 15.4 Å². The van der Waals surface area contributed by atoms with E-state index in [4.69, 9.17) is 10.8 Å². The Morgan fingerprint density at radius 3 is 2.86 bits per heavy atom. The number of pyridine rings is 1. The van der Waals surface area contributed by atoms with Crippen molar-refractivity contribution < 1.29 is 5.11 Å². The summed E-state index contributed by atoms with van der Waals surface area (Å²) in [6, 6.07) is 3.73. The van der Waals surface area contributed by atoms with Gasteiger partial charge in [0, 0.05) is 11.8 Å². The molecule has 0 radical (unpaired) electrons. The maximum absolute atomic E-state index is 8.65. The summed E-state index contributed by atoms with van der Waals surface area (Å²) in [5, 5.41) is 8.65. The fourth-order valence-electron chi connectivity index (χ4n) is 1.92. The van der Waals surface area contributed by atoms with Crippen molar-refractivity contribution in [2.45, 2.75) is 6.54 Å². The Hall–Kier alpha value is -2.98. The lowest BCUT2D eigenvalue weighted by atomic mass is 10.2. The van der Waals surface area contributed by atoms with Crippen LogP contribution in [0.3, 0.4) is 0 Å². The Morgan fingerprint density at radius 1 is 1.19 bits per heavy atom. The van der Waals surface area contributed by atoms with Crippen LogP contribution in [0.25, 0.3) is 11.2 Å². The third-order valence-corrected chi connectivity index (χ3v) is 2.90. The molecular formula is C14H12N6O. The maximum Gasteiger partial charge on any atom is 0.165 e. The molecule has 0 aliphatic carbocycles. The van der Waals surface area contributed by atoms with E-state index in [0.29, 0.717) is 23.5 Å². The number of aliphatic hydroxyl groups is 1. The molecule has 3 rings (SSSR count). The Kier molecular flexibility index (Phi) is 3.45. The molecule has 104 valence electrons. The predicted molar refractivity (Wildman–Crippen MR) is 77.0 cm³/mol. The molecule has 7 nitrogen and oxygen atoms in total. The van der Waals surface area contributed by atoms with E-state index in [0.717, 1.165) is 11.3 Å². The second-order valence-corrected chi connectivity index (χ2v) is 4.30. The summed E-state index contributed by atoms with van der Waals surface area (Å²) in [6.07, 6.45) is 4.74. The Labute approximate surface area is 120 Å². The highest BCUT2D eigenvalue weighted by Crippen LogP contribution is 2.15. The van der Waals surface area contributed by atoms with Crippen LogP contribution in [-0.2, 0) is 6.54 Å². The molecule has 0 saturated carbocycles. The number of aromatic nitrogens is 5. The summed E-state index contributed by atoms with van der Waals surface area (Å²) in [7, 11) is 0. The van der Waals surface area contributed by atoms with E-state index in [9.17, 15) is 0 Å². The molecule has 7 heteroatoms. The molecule has 3 aromatic rings. The quantitative estimate of drug-likeness (QED) is 0.650. The second kappa shape index (κ2) is 5.56. The standard InChI is InChI=1S/C14H12N6O/c15-13-12-14(18-8-17-13)20(9-19-12)7-11-4-3-10(6-16-11)2-1-5-21/h3-4,6,8-9,21H,5,7H2,(H2,15,17,18). The van der Waals surface area contributed by atoms with Crippen molar-refractivity contribution in [2.24, 2.45) is 0 Å². The van der Waals surface area contributed by atoms with Crippen LogP contribution < -0.4 is 5.73 Å². The smallest absolute Gasteiger partial charge is 0.165 e. The van der Waals surface area contributed by atoms with Crippen LogP contribution in [0.15, 0.2) is 31.0 Å². The lowest BCUT2D eigenvalue weighted by molar-refractivity contribution is 0.350. The topological polar surface area (TPSA) is 103 Å². The van der Waals surface area contributed by atoms with Gasteiger partial charge in [0.25, 0.3) is 0 Å². The molecule has 0 spiro atoms. The van der Waals surface area contributed by atoms with E-state index in [-0.39, 0.29) is 6.61 Å². The van der Waals surface area contributed by atoms with Gasteiger partial charge >= 0.3 is 0 Å². The van der Waals surface area contributed by atoms with Crippen LogP contribution in [0.2, 0.25) is 0 Å². The fraction of sp³-hybridized carbons (Fsp3) is 0.143. The number of nitrogen functional groups attached to an aromatic ring is 1. The van der Waals surface area contributed by atoms with Gasteiger partial charge in [0.15, 0.2) is 11.5 Å². The van der Waals surface area contributed by atoms with Crippen LogP contribution in [0, 0.1) is 11.8 Å². The predicted octanol–water partition coefficient (Wildman–Crippen LogP) is 0.196. The summed E-state index contributed by atoms with van der Waals surface area (Å²) >= 11 is 0. The van der Waals surface area contributed by atoms with Gasteiger partial charge in [-0.2, -0.15) is 0 Å². The highest BCUT2D eigenvalue weighted by atomic mass is 16.2. The molecule has 0 bridgehead atoms. The minimum atomic E-state index is -0.163. The lowest BCUT2D eigenvalue weighted by Gasteiger charge is -2.03. The van der Waals surface area contributed by atoms with Gasteiger partial charge in [-0.05, 0) is 12.1 Å². The minimum absolute atomic E-state index is 0.163. The molecule has 3 N–H and O–H groups in total. The van der Waals surface area contributed by atoms with Crippen LogP contribution in [0.1, 0.15) is 11.3 Å². The second-order valence-electron chi connectivity index (χ2n) is 4.30. The molecule has 0 amide bonds. The largest absolute Gasteiger partial charge is 0.384 e. The van der Waals surface area contributed by atoms with Gasteiger partial charge in [-0.25, -0.2) is 15.0 Å². The van der Waals surface area contributed by atoms with Crippen molar-refractivity contribution in [3.63, 3.8) is 0 Å². The number of hydrogen-bond acceptors (Lipinski definition) is 6. The van der Waals surface area contributed by atoms with Gasteiger partial charge in [0.05, 0.1) is 18.6 Å². The molecule has 21 heavy (non-hydrogen) atoms. The Morgan fingerprint density at radius 2 is 2.10 bits per heavy atom. The molecule has 0 aromatic carbocycles. The van der Waals surface area contributed by atoms with Crippen molar-refractivity contribution in [1.29, 1.82) is 0 Å². The summed E-state index contributed by atoms with van der Waals surface area (Å²) in [5.41, 5.74) is 8.62. The number of nitrogens with two attached hydrogens (primary N) is 1. The molecule has 0 saturated heterocycles.